The second kappa shape index (κ2) is 4.30. The number of aliphatic hydroxyl groups is 1. The molecule has 0 aliphatic carbocycles. The van der Waals surface area contributed by atoms with Gasteiger partial charge in [-0.1, -0.05) is 24.4 Å². The van der Waals surface area contributed by atoms with Gasteiger partial charge in [0.1, 0.15) is 0 Å². The van der Waals surface area contributed by atoms with Gasteiger partial charge in [-0.25, -0.2) is 0 Å². The molecule has 40 valence electrons. The molecule has 0 aromatic heterocycles. The molecule has 0 rings (SSSR count). The van der Waals surface area contributed by atoms with Crippen LogP contribution in [-0.2, 0) is 0 Å². The number of hydrogen-bond donors (Lipinski definition) is 1. The van der Waals surface area contributed by atoms with Crippen LogP contribution in [0.25, 0.3) is 0 Å². The highest BCUT2D eigenvalue weighted by molar-refractivity contribution is 7.79. The first-order chi connectivity index (χ1) is 3.31. The molecule has 0 radical (unpaired) electrons. The molecule has 1 N–H and O–H groups in total. The van der Waals surface area contributed by atoms with Gasteiger partial charge in [-0.15, -0.1) is 0 Å². The van der Waals surface area contributed by atoms with Crippen LogP contribution in [0.2, 0.25) is 0 Å². The summed E-state index contributed by atoms with van der Waals surface area (Å²) in [5.41, 5.74) is 0. The highest BCUT2D eigenvalue weighted by Crippen LogP contribution is 1.81. The summed E-state index contributed by atoms with van der Waals surface area (Å²) < 4.78 is 0. The highest BCUT2D eigenvalue weighted by atomic mass is 32.1. The zero-order valence-corrected chi connectivity index (χ0v) is 5.34. The first-order valence-electron chi connectivity index (χ1n) is 1.88. The fourth-order valence-corrected chi connectivity index (χ4v) is 0.462. The van der Waals surface area contributed by atoms with Crippen LogP contribution in [0.15, 0.2) is 0 Å². The predicted molar refractivity (Wildman–Crippen MR) is 37.9 cm³/mol. The van der Waals surface area contributed by atoms with E-state index in [1.165, 1.54) is 10.7 Å². The van der Waals surface area contributed by atoms with Crippen molar-refractivity contribution in [3.8, 4) is 0 Å². The third kappa shape index (κ3) is 3.98. The van der Waals surface area contributed by atoms with Crippen molar-refractivity contribution >= 4 is 35.2 Å². The SMILES string of the molecule is OC(C=S)CC=S. The van der Waals surface area contributed by atoms with E-state index in [0.717, 1.165) is 0 Å². The Balaban J connectivity index is 3.15. The zero-order chi connectivity index (χ0) is 5.70. The van der Waals surface area contributed by atoms with Crippen LogP contribution < -0.4 is 0 Å². The summed E-state index contributed by atoms with van der Waals surface area (Å²) in [6.07, 6.45) is -0.0359. The summed E-state index contributed by atoms with van der Waals surface area (Å²) in [5, 5.41) is 11.4. The van der Waals surface area contributed by atoms with E-state index in [4.69, 9.17) is 5.11 Å². The summed E-state index contributed by atoms with van der Waals surface area (Å²) in [4.78, 5) is 0. The molecular formula is C4H6OS2. The molecule has 0 fully saturated rings. The lowest BCUT2D eigenvalue weighted by Crippen LogP contribution is -2.05. The number of hydrogen-bond acceptors (Lipinski definition) is 3. The molecule has 0 bridgehead atoms. The summed E-state index contributed by atoms with van der Waals surface area (Å²) in [7, 11) is 0. The van der Waals surface area contributed by atoms with E-state index in [2.05, 4.69) is 24.4 Å². The fourth-order valence-electron chi connectivity index (χ4n) is 0.154. The highest BCUT2D eigenvalue weighted by Gasteiger charge is 1.90. The van der Waals surface area contributed by atoms with Crippen molar-refractivity contribution in [1.29, 1.82) is 0 Å². The van der Waals surface area contributed by atoms with E-state index in [0.29, 0.717) is 6.42 Å². The maximum atomic E-state index is 8.60. The maximum Gasteiger partial charge on any atom is 0.0865 e. The fraction of sp³-hybridized carbons (Fsp3) is 0.500. The van der Waals surface area contributed by atoms with Gasteiger partial charge in [0.25, 0.3) is 0 Å². The van der Waals surface area contributed by atoms with Gasteiger partial charge in [0.15, 0.2) is 0 Å². The molecule has 0 aliphatic heterocycles. The van der Waals surface area contributed by atoms with Gasteiger partial charge in [0, 0.05) is 11.8 Å². The van der Waals surface area contributed by atoms with Gasteiger partial charge in [0.05, 0.1) is 6.10 Å². The standard InChI is InChI=1S/C4H6OS2/c5-4(3-7)1-2-6/h2-5H,1H2. The van der Waals surface area contributed by atoms with E-state index < -0.39 is 6.10 Å². The van der Waals surface area contributed by atoms with Gasteiger partial charge in [-0.2, -0.15) is 0 Å². The van der Waals surface area contributed by atoms with Crippen LogP contribution >= 0.6 is 24.4 Å². The Morgan fingerprint density at radius 2 is 2.14 bits per heavy atom. The van der Waals surface area contributed by atoms with E-state index in [1.807, 2.05) is 0 Å². The lowest BCUT2D eigenvalue weighted by atomic mass is 10.3. The van der Waals surface area contributed by atoms with Crippen molar-refractivity contribution in [2.75, 3.05) is 0 Å². The average molecular weight is 134 g/mol. The molecule has 0 heterocycles. The predicted octanol–water partition coefficient (Wildman–Crippen LogP) is 0.737. The molecule has 1 unspecified atom stereocenters. The third-order valence-electron chi connectivity index (χ3n) is 0.495. The third-order valence-corrected chi connectivity index (χ3v) is 1.00. The van der Waals surface area contributed by atoms with Crippen molar-refractivity contribution < 1.29 is 5.11 Å². The number of rotatable bonds is 3. The van der Waals surface area contributed by atoms with Crippen LogP contribution in [0.5, 0.6) is 0 Å². The number of aliphatic hydroxyl groups excluding tert-OH is 1. The Morgan fingerprint density at radius 3 is 2.29 bits per heavy atom. The van der Waals surface area contributed by atoms with Gasteiger partial charge < -0.3 is 5.11 Å². The van der Waals surface area contributed by atoms with Crippen LogP contribution in [0.1, 0.15) is 6.42 Å². The molecule has 0 spiro atoms. The van der Waals surface area contributed by atoms with Crippen molar-refractivity contribution in [3.05, 3.63) is 0 Å². The molecule has 3 heteroatoms. The molecule has 0 aromatic rings. The lowest BCUT2D eigenvalue weighted by Gasteiger charge is -1.92. The van der Waals surface area contributed by atoms with E-state index in [9.17, 15) is 0 Å². The normalized spacial score (nSPS) is 12.7. The first-order valence-corrected chi connectivity index (χ1v) is 2.82. The number of thiocarbonyl (C=S) groups is 2. The first kappa shape index (κ1) is 7.14. The zero-order valence-electron chi connectivity index (χ0n) is 3.70. The maximum absolute atomic E-state index is 8.60. The second-order valence-electron chi connectivity index (χ2n) is 1.11. The van der Waals surface area contributed by atoms with Crippen LogP contribution in [0.4, 0.5) is 0 Å². The van der Waals surface area contributed by atoms with Gasteiger partial charge >= 0.3 is 0 Å². The monoisotopic (exact) mass is 134 g/mol. The average Bonchev–Trinajstić information content (AvgIpc) is 1.68. The van der Waals surface area contributed by atoms with Crippen LogP contribution in [0.3, 0.4) is 0 Å². The molecule has 0 aromatic carbocycles. The van der Waals surface area contributed by atoms with Gasteiger partial charge in [-0.3, -0.25) is 0 Å². The minimum atomic E-state index is -0.521. The van der Waals surface area contributed by atoms with Gasteiger partial charge in [0.2, 0.25) is 0 Å². The molecule has 0 saturated heterocycles. The summed E-state index contributed by atoms with van der Waals surface area (Å²) in [6, 6.07) is 0. The summed E-state index contributed by atoms with van der Waals surface area (Å²) in [6.45, 7) is 0. The Labute approximate surface area is 53.3 Å². The second-order valence-corrected chi connectivity index (χ2v) is 1.71. The van der Waals surface area contributed by atoms with Crippen LogP contribution in [0, 0.1) is 0 Å². The Morgan fingerprint density at radius 1 is 1.57 bits per heavy atom. The Hall–Kier alpha value is 0.140. The molecule has 0 amide bonds. The van der Waals surface area contributed by atoms with Crippen molar-refractivity contribution in [3.63, 3.8) is 0 Å². The van der Waals surface area contributed by atoms with E-state index in [1.54, 1.807) is 0 Å². The summed E-state index contributed by atoms with van der Waals surface area (Å²) in [5.74, 6) is 0. The molecule has 7 heavy (non-hydrogen) atoms. The molecule has 0 aliphatic rings. The minimum absolute atomic E-state index is 0.485. The Bertz CT molecular complexity index is 72.1. The summed E-state index contributed by atoms with van der Waals surface area (Å²) >= 11 is 8.84. The quantitative estimate of drug-likeness (QED) is 0.575. The minimum Gasteiger partial charge on any atom is -0.388 e. The lowest BCUT2D eigenvalue weighted by molar-refractivity contribution is 0.258. The van der Waals surface area contributed by atoms with Crippen molar-refractivity contribution in [2.45, 2.75) is 12.5 Å². The van der Waals surface area contributed by atoms with Crippen LogP contribution in [-0.4, -0.2) is 21.9 Å². The van der Waals surface area contributed by atoms with E-state index in [-0.39, 0.29) is 0 Å². The van der Waals surface area contributed by atoms with E-state index >= 15 is 0 Å². The molecule has 0 saturated carbocycles. The Kier molecular flexibility index (Phi) is 4.39. The van der Waals surface area contributed by atoms with Gasteiger partial charge in [-0.05, 0) is 5.37 Å². The topological polar surface area (TPSA) is 20.2 Å². The molecule has 1 nitrogen and oxygen atoms in total. The van der Waals surface area contributed by atoms with Crippen molar-refractivity contribution in [1.82, 2.24) is 0 Å². The smallest absolute Gasteiger partial charge is 0.0865 e. The largest absolute Gasteiger partial charge is 0.388 e. The molecule has 1 atom stereocenters. The van der Waals surface area contributed by atoms with Crippen molar-refractivity contribution in [2.24, 2.45) is 0 Å². The molecular weight excluding hydrogens is 128 g/mol.